The molecule has 4 atom stereocenters. The topological polar surface area (TPSA) is 134 Å². The average molecular weight is 728 g/mol. The average Bonchev–Trinajstić information content (AvgIpc) is 3.51. The summed E-state index contributed by atoms with van der Waals surface area (Å²) >= 11 is 17.8. The summed E-state index contributed by atoms with van der Waals surface area (Å²) in [6.45, 7) is 9.95. The van der Waals surface area contributed by atoms with Gasteiger partial charge in [-0.2, -0.15) is 8.42 Å². The summed E-state index contributed by atoms with van der Waals surface area (Å²) in [6, 6.07) is 18.5. The molecule has 46 heavy (non-hydrogen) atoms. The smallest absolute Gasteiger partial charge is 0.362 e. The minimum Gasteiger partial charge on any atom is -0.405 e. The van der Waals surface area contributed by atoms with Gasteiger partial charge < -0.3 is 14.6 Å². The van der Waals surface area contributed by atoms with E-state index in [9.17, 15) is 13.2 Å². The van der Waals surface area contributed by atoms with Crippen LogP contribution in [0.1, 0.15) is 34.6 Å². The van der Waals surface area contributed by atoms with Crippen LogP contribution < -0.4 is 25.7 Å². The molecule has 0 aromatic heterocycles. The number of rotatable bonds is 8. The molecule has 2 aromatic carbocycles. The number of nitrogens with zero attached hydrogens (tertiary/aromatic N) is 3. The lowest BCUT2D eigenvalue weighted by atomic mass is 9.93. The summed E-state index contributed by atoms with van der Waals surface area (Å²) in [4.78, 5) is 24.4. The van der Waals surface area contributed by atoms with Gasteiger partial charge in [-0.25, -0.2) is 14.7 Å². The predicted molar refractivity (Wildman–Crippen MR) is 184 cm³/mol. The predicted octanol–water partition coefficient (Wildman–Crippen LogP) is 2.94. The van der Waals surface area contributed by atoms with Crippen LogP contribution in [0.5, 0.6) is 0 Å². The van der Waals surface area contributed by atoms with Gasteiger partial charge in [-0.3, -0.25) is 14.3 Å². The van der Waals surface area contributed by atoms with Gasteiger partial charge in [0, 0.05) is 0 Å². The first-order chi connectivity index (χ1) is 21.5. The Morgan fingerprint density at radius 3 is 2.15 bits per heavy atom. The quantitative estimate of drug-likeness (QED) is 0.217. The monoisotopic (exact) mass is 726 g/mol. The van der Waals surface area contributed by atoms with Crippen LogP contribution in [0.3, 0.4) is 0 Å². The second-order valence-electron chi connectivity index (χ2n) is 12.3. The second-order valence-corrected chi connectivity index (χ2v) is 20.2. The fourth-order valence-corrected chi connectivity index (χ4v) is 11.9. The molecular weight excluding hydrogens is 691 g/mol. The third kappa shape index (κ3) is 6.43. The molecule has 11 nitrogen and oxygen atoms in total. The first kappa shape index (κ1) is 34.7. The van der Waals surface area contributed by atoms with E-state index in [1.807, 2.05) is 55.5 Å². The number of aliphatic imine (C=N–C) groups is 2. The van der Waals surface area contributed by atoms with E-state index in [1.54, 1.807) is 11.8 Å². The zero-order valence-corrected chi connectivity index (χ0v) is 30.1. The normalized spacial score (nSPS) is 24.4. The molecule has 1 spiro atoms. The number of alkyl halides is 3. The molecule has 248 valence electrons. The number of amides is 1. The van der Waals surface area contributed by atoms with Gasteiger partial charge in [0.25, 0.3) is 18.0 Å². The van der Waals surface area contributed by atoms with Crippen molar-refractivity contribution in [3.63, 3.8) is 0 Å². The highest BCUT2D eigenvalue weighted by atomic mass is 35.6. The van der Waals surface area contributed by atoms with Crippen LogP contribution in [-0.4, -0.2) is 80.3 Å². The van der Waals surface area contributed by atoms with Crippen molar-refractivity contribution in [1.82, 2.24) is 20.3 Å². The molecule has 3 aliphatic rings. The molecule has 0 aliphatic carbocycles. The Labute approximate surface area is 285 Å². The van der Waals surface area contributed by atoms with Crippen molar-refractivity contribution >= 4 is 81.6 Å². The number of guanidine groups is 2. The van der Waals surface area contributed by atoms with Crippen molar-refractivity contribution in [2.75, 3.05) is 13.2 Å². The molecule has 1 unspecified atom stereocenters. The van der Waals surface area contributed by atoms with Crippen LogP contribution in [0, 0.1) is 0 Å². The fraction of sp³-hybridized carbons (Fsp3) is 0.433. The second kappa shape index (κ2) is 12.8. The molecule has 0 bridgehead atoms. The number of benzene rings is 2. The molecule has 0 fully saturated rings. The van der Waals surface area contributed by atoms with E-state index >= 15 is 0 Å². The molecule has 3 heterocycles. The van der Waals surface area contributed by atoms with Crippen molar-refractivity contribution in [3.05, 3.63) is 72.8 Å². The Morgan fingerprint density at radius 2 is 1.63 bits per heavy atom. The molecule has 0 saturated heterocycles. The maximum Gasteiger partial charge on any atom is 0.362 e. The molecule has 5 rings (SSSR count). The number of halogens is 3. The highest BCUT2D eigenvalue weighted by Crippen LogP contribution is 2.41. The number of nitrogens with one attached hydrogen (secondary N) is 3. The summed E-state index contributed by atoms with van der Waals surface area (Å²) in [7, 11) is -7.20. The first-order valence-electron chi connectivity index (χ1n) is 14.8. The zero-order chi connectivity index (χ0) is 33.5. The molecule has 16 heteroatoms. The highest BCUT2D eigenvalue weighted by Gasteiger charge is 2.60. The number of hydrogen-bond acceptors (Lipinski definition) is 9. The molecule has 0 saturated carbocycles. The minimum atomic E-state index is -4.17. The van der Waals surface area contributed by atoms with Gasteiger partial charge in [0.05, 0.1) is 19.3 Å². The SMILES string of the molecule is CCOS(=O)(=O)NC1=N[C@H]2[C@H](CO[Si](c3ccccc3)(c3ccccc3)C(C)(C)C)N=C(NC(=O)C(Cl)(Cl)Cl)N3[C@@H](C)C=CC23N1. The maximum atomic E-state index is 13.0. The van der Waals surface area contributed by atoms with Gasteiger partial charge in [0.1, 0.15) is 12.1 Å². The van der Waals surface area contributed by atoms with E-state index in [0.29, 0.717) is 0 Å². The van der Waals surface area contributed by atoms with Crippen LogP contribution in [0.25, 0.3) is 0 Å². The van der Waals surface area contributed by atoms with Crippen molar-refractivity contribution in [2.24, 2.45) is 9.98 Å². The van der Waals surface area contributed by atoms with Crippen molar-refractivity contribution in [2.45, 2.75) is 67.2 Å². The van der Waals surface area contributed by atoms with E-state index < -0.39 is 46.1 Å². The van der Waals surface area contributed by atoms with E-state index in [2.05, 4.69) is 60.4 Å². The lowest BCUT2D eigenvalue weighted by molar-refractivity contribution is -0.119. The Morgan fingerprint density at radius 1 is 1.04 bits per heavy atom. The van der Waals surface area contributed by atoms with Gasteiger partial charge >= 0.3 is 10.3 Å². The van der Waals surface area contributed by atoms with Crippen LogP contribution in [0.2, 0.25) is 5.04 Å². The largest absolute Gasteiger partial charge is 0.405 e. The molecule has 3 aliphatic heterocycles. The van der Waals surface area contributed by atoms with Crippen LogP contribution in [0.15, 0.2) is 82.8 Å². The van der Waals surface area contributed by atoms with Crippen molar-refractivity contribution in [3.8, 4) is 0 Å². The Balaban J connectivity index is 1.62. The maximum absolute atomic E-state index is 13.0. The Kier molecular flexibility index (Phi) is 9.61. The third-order valence-electron chi connectivity index (χ3n) is 8.22. The highest BCUT2D eigenvalue weighted by molar-refractivity contribution is 7.85. The Bertz CT molecular complexity index is 1610. The van der Waals surface area contributed by atoms with Gasteiger partial charge in [0.2, 0.25) is 11.9 Å². The molecule has 3 N–H and O–H groups in total. The minimum absolute atomic E-state index is 0.0400. The summed E-state index contributed by atoms with van der Waals surface area (Å²) in [6.07, 6.45) is 3.78. The Hall–Kier alpha value is -2.65. The van der Waals surface area contributed by atoms with E-state index in [0.717, 1.165) is 10.4 Å². The van der Waals surface area contributed by atoms with E-state index in [4.69, 9.17) is 53.4 Å². The summed E-state index contributed by atoms with van der Waals surface area (Å²) in [5, 5.41) is 7.71. The molecule has 1 amide bonds. The summed E-state index contributed by atoms with van der Waals surface area (Å²) < 4.78 is 37.4. The van der Waals surface area contributed by atoms with Crippen LogP contribution in [-0.2, 0) is 23.7 Å². The molecule has 2 aromatic rings. The fourth-order valence-electron chi connectivity index (χ4n) is 6.42. The number of hydrogen-bond donors (Lipinski definition) is 3. The zero-order valence-electron chi connectivity index (χ0n) is 26.0. The first-order valence-corrected chi connectivity index (χ1v) is 19.2. The van der Waals surface area contributed by atoms with E-state index in [-0.39, 0.29) is 36.2 Å². The molecule has 0 radical (unpaired) electrons. The summed E-state index contributed by atoms with van der Waals surface area (Å²) in [5.41, 5.74) is -1.14. The van der Waals surface area contributed by atoms with Gasteiger partial charge in [-0.05, 0) is 35.3 Å². The van der Waals surface area contributed by atoms with Gasteiger partial charge in [-0.15, -0.1) is 0 Å². The summed E-state index contributed by atoms with van der Waals surface area (Å²) in [5.74, 6) is -0.814. The standard InChI is InChI=1S/C30H37Cl3N6O5SSi/c1-6-43-45(41,42)38-26-35-24-23(34-27(36-25(40)30(31,32)33)39-20(2)17-18-29(24,39)37-26)19-44-46(28(3,4)5,21-13-9-7-10-14-21)22-15-11-8-12-16-22/h7-18,20,23-24H,6,19H2,1-5H3,(H,34,36,40)(H2,35,37,38)/t20-,23-,24-,29?/m0/s1. The number of carbonyl (C=O) groups excluding carboxylic acids is 1. The lowest BCUT2D eigenvalue weighted by Crippen LogP contribution is -2.72. The van der Waals surface area contributed by atoms with E-state index in [1.165, 1.54) is 0 Å². The van der Waals surface area contributed by atoms with Gasteiger partial charge in [-0.1, -0.05) is 122 Å². The van der Waals surface area contributed by atoms with Crippen molar-refractivity contribution < 1.29 is 21.8 Å². The van der Waals surface area contributed by atoms with Crippen molar-refractivity contribution in [1.29, 1.82) is 0 Å². The number of carbonyl (C=O) groups is 1. The molecular formula is C30H37Cl3N6O5SSi. The van der Waals surface area contributed by atoms with Crippen LogP contribution in [0.4, 0.5) is 0 Å². The van der Waals surface area contributed by atoms with Gasteiger partial charge in [0.15, 0.2) is 5.66 Å². The third-order valence-corrected chi connectivity index (χ3v) is 14.7. The lowest BCUT2D eigenvalue weighted by Gasteiger charge is -2.48. The van der Waals surface area contributed by atoms with Crippen LogP contribution >= 0.6 is 34.8 Å².